The maximum atomic E-state index is 5.76. The van der Waals surface area contributed by atoms with Gasteiger partial charge in [0.05, 0.1) is 0 Å². The van der Waals surface area contributed by atoms with Crippen molar-refractivity contribution in [2.45, 2.75) is 19.8 Å². The van der Waals surface area contributed by atoms with Gasteiger partial charge >= 0.3 is 0 Å². The van der Waals surface area contributed by atoms with E-state index in [1.165, 1.54) is 12.8 Å². The number of nitrogens with one attached hydrogen (secondary N) is 1. The Morgan fingerprint density at radius 3 is 3.06 bits per heavy atom. The summed E-state index contributed by atoms with van der Waals surface area (Å²) in [5.41, 5.74) is 5.76. The van der Waals surface area contributed by atoms with Crippen LogP contribution >= 0.6 is 0 Å². The molecule has 0 saturated carbocycles. The third-order valence-electron chi connectivity index (χ3n) is 3.26. The molecular formula is C12H21N5. The Labute approximate surface area is 102 Å². The van der Waals surface area contributed by atoms with Gasteiger partial charge in [0.15, 0.2) is 0 Å². The van der Waals surface area contributed by atoms with Crippen molar-refractivity contribution < 1.29 is 0 Å². The van der Waals surface area contributed by atoms with Gasteiger partial charge in [0, 0.05) is 26.2 Å². The fourth-order valence-electron chi connectivity index (χ4n) is 2.31. The van der Waals surface area contributed by atoms with Crippen molar-refractivity contribution in [2.24, 2.45) is 11.7 Å². The average molecular weight is 235 g/mol. The van der Waals surface area contributed by atoms with Crippen molar-refractivity contribution >= 4 is 11.6 Å². The molecule has 1 atom stereocenters. The number of hydrogen-bond acceptors (Lipinski definition) is 5. The van der Waals surface area contributed by atoms with Crippen LogP contribution in [0.4, 0.5) is 11.6 Å². The minimum Gasteiger partial charge on any atom is -0.373 e. The second-order valence-corrected chi connectivity index (χ2v) is 4.60. The van der Waals surface area contributed by atoms with Gasteiger partial charge in [-0.05, 0) is 32.2 Å². The Morgan fingerprint density at radius 1 is 1.53 bits per heavy atom. The first-order chi connectivity index (χ1) is 8.22. The molecule has 17 heavy (non-hydrogen) atoms. The summed E-state index contributed by atoms with van der Waals surface area (Å²) in [6, 6.07) is 2.01. The van der Waals surface area contributed by atoms with Crippen LogP contribution in [0.5, 0.6) is 0 Å². The molecule has 1 aliphatic heterocycles. The molecule has 5 nitrogen and oxygen atoms in total. The molecule has 0 amide bonds. The predicted molar refractivity (Wildman–Crippen MR) is 70.3 cm³/mol. The second kappa shape index (κ2) is 5.31. The van der Waals surface area contributed by atoms with Gasteiger partial charge in [-0.25, -0.2) is 9.97 Å². The Hall–Kier alpha value is -1.36. The molecule has 1 unspecified atom stereocenters. The summed E-state index contributed by atoms with van der Waals surface area (Å²) in [5, 5.41) is 3.07. The molecule has 0 spiro atoms. The smallest absolute Gasteiger partial charge is 0.134 e. The highest BCUT2D eigenvalue weighted by atomic mass is 15.2. The molecular weight excluding hydrogens is 214 g/mol. The number of aromatic nitrogens is 2. The summed E-state index contributed by atoms with van der Waals surface area (Å²) >= 11 is 0. The Bertz CT molecular complexity index is 379. The topological polar surface area (TPSA) is 67.1 Å². The highest BCUT2D eigenvalue weighted by Gasteiger charge is 2.20. The van der Waals surface area contributed by atoms with Gasteiger partial charge in [-0.2, -0.15) is 0 Å². The zero-order valence-corrected chi connectivity index (χ0v) is 10.6. The van der Waals surface area contributed by atoms with Crippen LogP contribution in [0.1, 0.15) is 18.7 Å². The molecule has 5 heteroatoms. The molecule has 1 aromatic rings. The first-order valence-corrected chi connectivity index (χ1v) is 6.21. The second-order valence-electron chi connectivity index (χ2n) is 4.60. The molecule has 0 aromatic carbocycles. The van der Waals surface area contributed by atoms with E-state index in [1.54, 1.807) is 0 Å². The lowest BCUT2D eigenvalue weighted by Gasteiger charge is -2.33. The van der Waals surface area contributed by atoms with Crippen LogP contribution in [-0.4, -0.2) is 36.6 Å². The van der Waals surface area contributed by atoms with Crippen molar-refractivity contribution in [2.75, 3.05) is 36.9 Å². The van der Waals surface area contributed by atoms with Crippen LogP contribution in [0.2, 0.25) is 0 Å². The van der Waals surface area contributed by atoms with Gasteiger partial charge in [0.2, 0.25) is 0 Å². The van der Waals surface area contributed by atoms with E-state index in [4.69, 9.17) is 5.73 Å². The normalized spacial score (nSPS) is 20.4. The van der Waals surface area contributed by atoms with Crippen LogP contribution in [0, 0.1) is 12.8 Å². The van der Waals surface area contributed by atoms with E-state index in [2.05, 4.69) is 20.2 Å². The molecule has 0 aliphatic carbocycles. The van der Waals surface area contributed by atoms with Crippen molar-refractivity contribution in [3.63, 3.8) is 0 Å². The average Bonchev–Trinajstić information content (AvgIpc) is 2.38. The monoisotopic (exact) mass is 235 g/mol. The van der Waals surface area contributed by atoms with E-state index in [-0.39, 0.29) is 0 Å². The maximum Gasteiger partial charge on any atom is 0.134 e. The fourth-order valence-corrected chi connectivity index (χ4v) is 2.31. The van der Waals surface area contributed by atoms with Crippen molar-refractivity contribution in [3.8, 4) is 0 Å². The summed E-state index contributed by atoms with van der Waals surface area (Å²) in [6.45, 7) is 4.76. The number of piperidine rings is 1. The number of hydrogen-bond donors (Lipinski definition) is 2. The van der Waals surface area contributed by atoms with Gasteiger partial charge in [0.1, 0.15) is 17.5 Å². The number of aryl methyl sites for hydroxylation is 1. The molecule has 1 aliphatic rings. The largest absolute Gasteiger partial charge is 0.373 e. The van der Waals surface area contributed by atoms with Gasteiger partial charge in [-0.3, -0.25) is 0 Å². The Kier molecular flexibility index (Phi) is 3.78. The molecule has 94 valence electrons. The zero-order valence-electron chi connectivity index (χ0n) is 10.6. The first-order valence-electron chi connectivity index (χ1n) is 6.21. The predicted octanol–water partition coefficient (Wildman–Crippen LogP) is 1.00. The summed E-state index contributed by atoms with van der Waals surface area (Å²) in [7, 11) is 1.88. The molecule has 3 N–H and O–H groups in total. The minimum absolute atomic E-state index is 0.594. The van der Waals surface area contributed by atoms with Crippen LogP contribution in [0.25, 0.3) is 0 Å². The van der Waals surface area contributed by atoms with Gasteiger partial charge < -0.3 is 16.0 Å². The standard InChI is InChI=1S/C12H21N5/c1-9-15-11(14-2)6-12(16-9)17-5-3-4-10(7-13)8-17/h6,10H,3-5,7-8,13H2,1-2H3,(H,14,15,16). The van der Waals surface area contributed by atoms with Crippen molar-refractivity contribution in [1.82, 2.24) is 9.97 Å². The third kappa shape index (κ3) is 2.85. The van der Waals surface area contributed by atoms with Gasteiger partial charge in [-0.15, -0.1) is 0 Å². The molecule has 2 rings (SSSR count). The summed E-state index contributed by atoms with van der Waals surface area (Å²) < 4.78 is 0. The fraction of sp³-hybridized carbons (Fsp3) is 0.667. The molecule has 1 saturated heterocycles. The third-order valence-corrected chi connectivity index (χ3v) is 3.26. The van der Waals surface area contributed by atoms with E-state index in [0.29, 0.717) is 5.92 Å². The molecule has 1 aromatic heterocycles. The molecule has 2 heterocycles. The van der Waals surface area contributed by atoms with Crippen LogP contribution < -0.4 is 16.0 Å². The first kappa shape index (κ1) is 12.1. The summed E-state index contributed by atoms with van der Waals surface area (Å²) in [4.78, 5) is 11.1. The van der Waals surface area contributed by atoms with Crippen molar-refractivity contribution in [1.29, 1.82) is 0 Å². The SMILES string of the molecule is CNc1cc(N2CCCC(CN)C2)nc(C)n1. The Morgan fingerprint density at radius 2 is 2.35 bits per heavy atom. The van der Waals surface area contributed by atoms with E-state index in [9.17, 15) is 0 Å². The van der Waals surface area contributed by atoms with Gasteiger partial charge in [0.25, 0.3) is 0 Å². The number of anilines is 2. The van der Waals surface area contributed by atoms with E-state index < -0.39 is 0 Å². The lowest BCUT2D eigenvalue weighted by molar-refractivity contribution is 0.421. The quantitative estimate of drug-likeness (QED) is 0.818. The summed E-state index contributed by atoms with van der Waals surface area (Å²) in [5.74, 6) is 3.29. The zero-order chi connectivity index (χ0) is 12.3. The lowest BCUT2D eigenvalue weighted by Crippen LogP contribution is -2.39. The highest BCUT2D eigenvalue weighted by Crippen LogP contribution is 2.22. The Balaban J connectivity index is 2.18. The van der Waals surface area contributed by atoms with Crippen LogP contribution in [-0.2, 0) is 0 Å². The minimum atomic E-state index is 0.594. The number of nitrogens with zero attached hydrogens (tertiary/aromatic N) is 3. The van der Waals surface area contributed by atoms with E-state index in [0.717, 1.165) is 37.1 Å². The van der Waals surface area contributed by atoms with Crippen LogP contribution in [0.15, 0.2) is 6.07 Å². The lowest BCUT2D eigenvalue weighted by atomic mass is 9.98. The van der Waals surface area contributed by atoms with Crippen LogP contribution in [0.3, 0.4) is 0 Å². The molecule has 1 fully saturated rings. The number of rotatable bonds is 3. The molecule has 0 bridgehead atoms. The van der Waals surface area contributed by atoms with Gasteiger partial charge in [-0.1, -0.05) is 0 Å². The van der Waals surface area contributed by atoms with E-state index in [1.807, 2.05) is 20.0 Å². The van der Waals surface area contributed by atoms with Crippen molar-refractivity contribution in [3.05, 3.63) is 11.9 Å². The molecule has 0 radical (unpaired) electrons. The summed E-state index contributed by atoms with van der Waals surface area (Å²) in [6.07, 6.45) is 2.43. The maximum absolute atomic E-state index is 5.76. The highest BCUT2D eigenvalue weighted by molar-refractivity contribution is 5.49. The van der Waals surface area contributed by atoms with E-state index >= 15 is 0 Å². The number of nitrogens with two attached hydrogens (primary N) is 1.